The largest absolute Gasteiger partial charge is 0.507 e. The zero-order valence-electron chi connectivity index (χ0n) is 16.1. The third-order valence-electron chi connectivity index (χ3n) is 5.17. The number of rotatable bonds is 6. The molecule has 0 radical (unpaired) electrons. The van der Waals surface area contributed by atoms with Crippen molar-refractivity contribution in [2.24, 2.45) is 0 Å². The molecular formula is C21H26N6O. The molecule has 1 aromatic carbocycles. The number of nitrogens with one attached hydrogen (secondary N) is 1. The number of imidazole rings is 1. The van der Waals surface area contributed by atoms with Crippen molar-refractivity contribution in [3.63, 3.8) is 0 Å². The smallest absolute Gasteiger partial charge is 0.165 e. The molecule has 3 heterocycles. The number of aromatic hydroxyl groups is 1. The van der Waals surface area contributed by atoms with Crippen LogP contribution in [0.15, 0.2) is 49.1 Å². The van der Waals surface area contributed by atoms with Gasteiger partial charge in [0.25, 0.3) is 0 Å². The molecule has 2 aromatic heterocycles. The SMILES string of the molecule is Cc1cc(N2CCC(NCCn3ccnc3)CC2)nc(-c2ccccc2O)n1. The third-order valence-corrected chi connectivity index (χ3v) is 5.17. The van der Waals surface area contributed by atoms with Crippen LogP contribution in [0.4, 0.5) is 5.82 Å². The minimum atomic E-state index is 0.208. The molecule has 28 heavy (non-hydrogen) atoms. The predicted octanol–water partition coefficient (Wildman–Crippen LogP) is 2.61. The van der Waals surface area contributed by atoms with Crippen LogP contribution in [-0.2, 0) is 6.54 Å². The van der Waals surface area contributed by atoms with E-state index in [4.69, 9.17) is 4.98 Å². The number of nitrogens with zero attached hydrogens (tertiary/aromatic N) is 5. The summed E-state index contributed by atoms with van der Waals surface area (Å²) >= 11 is 0. The Morgan fingerprint density at radius 2 is 2.00 bits per heavy atom. The first-order valence-corrected chi connectivity index (χ1v) is 9.77. The molecule has 1 saturated heterocycles. The molecule has 146 valence electrons. The van der Waals surface area contributed by atoms with E-state index in [1.165, 1.54) is 0 Å². The van der Waals surface area contributed by atoms with Crippen LogP contribution in [0.5, 0.6) is 5.75 Å². The number of benzene rings is 1. The molecular weight excluding hydrogens is 352 g/mol. The molecule has 0 aliphatic carbocycles. The average molecular weight is 378 g/mol. The van der Waals surface area contributed by atoms with Gasteiger partial charge in [-0.1, -0.05) is 12.1 Å². The van der Waals surface area contributed by atoms with Gasteiger partial charge in [-0.05, 0) is 31.9 Å². The Labute approximate surface area is 165 Å². The topological polar surface area (TPSA) is 79.1 Å². The summed E-state index contributed by atoms with van der Waals surface area (Å²) in [6.07, 6.45) is 7.82. The number of aromatic nitrogens is 4. The number of phenolic OH excluding ortho intramolecular Hbond substituents is 1. The molecule has 0 spiro atoms. The monoisotopic (exact) mass is 378 g/mol. The summed E-state index contributed by atoms with van der Waals surface area (Å²) in [4.78, 5) is 15.6. The summed E-state index contributed by atoms with van der Waals surface area (Å²) in [5.41, 5.74) is 1.58. The first-order chi connectivity index (χ1) is 13.7. The molecule has 4 rings (SSSR count). The molecule has 1 aliphatic heterocycles. The molecule has 1 aliphatic rings. The fourth-order valence-corrected chi connectivity index (χ4v) is 3.63. The second-order valence-corrected chi connectivity index (χ2v) is 7.22. The number of aryl methyl sites for hydroxylation is 1. The van der Waals surface area contributed by atoms with Gasteiger partial charge < -0.3 is 19.9 Å². The van der Waals surface area contributed by atoms with Gasteiger partial charge in [0.15, 0.2) is 5.82 Å². The van der Waals surface area contributed by atoms with Gasteiger partial charge in [-0.25, -0.2) is 15.0 Å². The Morgan fingerprint density at radius 3 is 2.75 bits per heavy atom. The maximum Gasteiger partial charge on any atom is 0.165 e. The summed E-state index contributed by atoms with van der Waals surface area (Å²) in [7, 11) is 0. The quantitative estimate of drug-likeness (QED) is 0.686. The standard InChI is InChI=1S/C21H26N6O/c1-16-14-20(25-21(24-16)18-4-2-3-5-19(18)28)27-10-6-17(7-11-27)23-9-13-26-12-8-22-15-26/h2-5,8,12,14-15,17,23,28H,6-7,9-11,13H2,1H3. The van der Waals surface area contributed by atoms with Crippen molar-refractivity contribution in [2.45, 2.75) is 32.4 Å². The Morgan fingerprint density at radius 1 is 1.18 bits per heavy atom. The van der Waals surface area contributed by atoms with Crippen LogP contribution in [0.2, 0.25) is 0 Å². The molecule has 7 heteroatoms. The van der Waals surface area contributed by atoms with Crippen molar-refractivity contribution < 1.29 is 5.11 Å². The first kappa shape index (κ1) is 18.4. The van der Waals surface area contributed by atoms with Crippen LogP contribution in [0.1, 0.15) is 18.5 Å². The Balaban J connectivity index is 1.37. The second-order valence-electron chi connectivity index (χ2n) is 7.22. The van der Waals surface area contributed by atoms with Crippen molar-refractivity contribution in [1.82, 2.24) is 24.8 Å². The Kier molecular flexibility index (Phi) is 5.53. The van der Waals surface area contributed by atoms with Gasteiger partial charge >= 0.3 is 0 Å². The van der Waals surface area contributed by atoms with Gasteiger partial charge in [-0.15, -0.1) is 0 Å². The summed E-state index contributed by atoms with van der Waals surface area (Å²) < 4.78 is 2.09. The molecule has 0 atom stereocenters. The van der Waals surface area contributed by atoms with Crippen LogP contribution in [-0.4, -0.2) is 50.3 Å². The lowest BCUT2D eigenvalue weighted by atomic mass is 10.0. The molecule has 0 saturated carbocycles. The number of hydrogen-bond acceptors (Lipinski definition) is 6. The lowest BCUT2D eigenvalue weighted by molar-refractivity contribution is 0.405. The highest BCUT2D eigenvalue weighted by Crippen LogP contribution is 2.28. The number of para-hydroxylation sites is 1. The van der Waals surface area contributed by atoms with Gasteiger partial charge in [-0.3, -0.25) is 0 Å². The van der Waals surface area contributed by atoms with E-state index < -0.39 is 0 Å². The van der Waals surface area contributed by atoms with Gasteiger partial charge in [-0.2, -0.15) is 0 Å². The third kappa shape index (κ3) is 4.31. The van der Waals surface area contributed by atoms with E-state index in [1.807, 2.05) is 43.8 Å². The maximum atomic E-state index is 10.1. The van der Waals surface area contributed by atoms with Crippen molar-refractivity contribution in [1.29, 1.82) is 0 Å². The number of phenols is 1. The Bertz CT molecular complexity index is 903. The van der Waals surface area contributed by atoms with Crippen molar-refractivity contribution in [2.75, 3.05) is 24.5 Å². The van der Waals surface area contributed by atoms with Crippen molar-refractivity contribution in [3.05, 3.63) is 54.7 Å². The van der Waals surface area contributed by atoms with E-state index in [0.29, 0.717) is 17.4 Å². The summed E-state index contributed by atoms with van der Waals surface area (Å²) in [5, 5.41) is 13.8. The predicted molar refractivity (Wildman–Crippen MR) is 109 cm³/mol. The van der Waals surface area contributed by atoms with Gasteiger partial charge in [0.05, 0.1) is 11.9 Å². The molecule has 1 fully saturated rings. The van der Waals surface area contributed by atoms with Gasteiger partial charge in [0.2, 0.25) is 0 Å². The zero-order chi connectivity index (χ0) is 19.3. The molecule has 0 amide bonds. The van der Waals surface area contributed by atoms with E-state index in [9.17, 15) is 5.11 Å². The fraction of sp³-hybridized carbons (Fsp3) is 0.381. The van der Waals surface area contributed by atoms with E-state index in [0.717, 1.165) is 50.5 Å². The number of piperidine rings is 1. The summed E-state index contributed by atoms with van der Waals surface area (Å²) in [6, 6.07) is 9.77. The van der Waals surface area contributed by atoms with E-state index >= 15 is 0 Å². The summed E-state index contributed by atoms with van der Waals surface area (Å²) in [6.45, 7) is 5.78. The highest BCUT2D eigenvalue weighted by molar-refractivity contribution is 5.65. The van der Waals surface area contributed by atoms with E-state index in [1.54, 1.807) is 12.1 Å². The minimum absolute atomic E-state index is 0.208. The lowest BCUT2D eigenvalue weighted by Gasteiger charge is -2.33. The molecule has 3 aromatic rings. The molecule has 0 unspecified atom stereocenters. The number of hydrogen-bond donors (Lipinski definition) is 2. The van der Waals surface area contributed by atoms with E-state index in [2.05, 4.69) is 24.8 Å². The summed E-state index contributed by atoms with van der Waals surface area (Å²) in [5.74, 6) is 1.72. The first-order valence-electron chi connectivity index (χ1n) is 9.77. The molecule has 0 bridgehead atoms. The van der Waals surface area contributed by atoms with Crippen LogP contribution in [0.25, 0.3) is 11.4 Å². The average Bonchev–Trinajstić information content (AvgIpc) is 3.22. The van der Waals surface area contributed by atoms with E-state index in [-0.39, 0.29) is 5.75 Å². The van der Waals surface area contributed by atoms with Crippen LogP contribution >= 0.6 is 0 Å². The van der Waals surface area contributed by atoms with Crippen LogP contribution < -0.4 is 10.2 Å². The normalized spacial score (nSPS) is 15.1. The van der Waals surface area contributed by atoms with Crippen LogP contribution in [0, 0.1) is 6.92 Å². The van der Waals surface area contributed by atoms with Crippen molar-refractivity contribution in [3.8, 4) is 17.1 Å². The Hall–Kier alpha value is -2.93. The van der Waals surface area contributed by atoms with Gasteiger partial charge in [0.1, 0.15) is 11.6 Å². The fourth-order valence-electron chi connectivity index (χ4n) is 3.63. The maximum absolute atomic E-state index is 10.1. The van der Waals surface area contributed by atoms with Gasteiger partial charge in [0, 0.05) is 56.4 Å². The second kappa shape index (κ2) is 8.39. The number of anilines is 1. The highest BCUT2D eigenvalue weighted by Gasteiger charge is 2.21. The molecule has 2 N–H and O–H groups in total. The van der Waals surface area contributed by atoms with Crippen LogP contribution in [0.3, 0.4) is 0 Å². The van der Waals surface area contributed by atoms with Crippen molar-refractivity contribution >= 4 is 5.82 Å². The highest BCUT2D eigenvalue weighted by atomic mass is 16.3. The minimum Gasteiger partial charge on any atom is -0.507 e. The molecule has 7 nitrogen and oxygen atoms in total. The lowest BCUT2D eigenvalue weighted by Crippen LogP contribution is -2.43. The zero-order valence-corrected chi connectivity index (χ0v) is 16.1.